The van der Waals surface area contributed by atoms with E-state index in [9.17, 15) is 22.4 Å². The van der Waals surface area contributed by atoms with Crippen molar-refractivity contribution in [1.82, 2.24) is 10.0 Å². The fourth-order valence-electron chi connectivity index (χ4n) is 2.85. The van der Waals surface area contributed by atoms with Crippen LogP contribution in [0.3, 0.4) is 0 Å². The zero-order chi connectivity index (χ0) is 18.6. The molecule has 9 heteroatoms. The predicted octanol–water partition coefficient (Wildman–Crippen LogP) is 1.56. The van der Waals surface area contributed by atoms with E-state index in [1.165, 1.54) is 6.92 Å². The summed E-state index contributed by atoms with van der Waals surface area (Å²) in [5.74, 6) is -3.41. The van der Waals surface area contributed by atoms with E-state index >= 15 is 0 Å². The van der Waals surface area contributed by atoms with Gasteiger partial charge in [0.1, 0.15) is 4.90 Å². The number of carboxylic acids is 1. The van der Waals surface area contributed by atoms with Crippen LogP contribution in [-0.2, 0) is 14.8 Å². The van der Waals surface area contributed by atoms with Gasteiger partial charge in [0.2, 0.25) is 15.9 Å². The third-order valence-electron chi connectivity index (χ3n) is 4.10. The third kappa shape index (κ3) is 4.99. The van der Waals surface area contributed by atoms with Crippen molar-refractivity contribution in [3.05, 3.63) is 29.1 Å². The lowest BCUT2D eigenvalue weighted by Gasteiger charge is -2.22. The van der Waals surface area contributed by atoms with Gasteiger partial charge in [-0.15, -0.1) is 0 Å². The Kier molecular flexibility index (Phi) is 6.12. The molecule has 1 amide bonds. The minimum Gasteiger partial charge on any atom is -0.478 e. The first-order valence-electron chi connectivity index (χ1n) is 8.03. The molecule has 7 nitrogen and oxygen atoms in total. The number of carbonyl (C=O) groups is 2. The highest BCUT2D eigenvalue weighted by Crippen LogP contribution is 2.21. The standard InChI is InChI=1S/C16H21FN2O5S/c1-10-7-12(16(21)22)15(17)13(8-10)25(23,24)18-9-14(20)19-11-5-3-2-4-6-11/h7-8,11,18H,2-6,9H2,1H3,(H,19,20)(H,21,22). The summed E-state index contributed by atoms with van der Waals surface area (Å²) < 4.78 is 40.7. The summed E-state index contributed by atoms with van der Waals surface area (Å²) in [4.78, 5) is 22.1. The van der Waals surface area contributed by atoms with Crippen LogP contribution in [0.5, 0.6) is 0 Å². The molecule has 1 aromatic carbocycles. The Hall–Kier alpha value is -2.00. The SMILES string of the molecule is Cc1cc(C(=O)O)c(F)c(S(=O)(=O)NCC(=O)NC2CCCCC2)c1. The van der Waals surface area contributed by atoms with E-state index in [0.717, 1.165) is 44.2 Å². The maximum absolute atomic E-state index is 14.2. The topological polar surface area (TPSA) is 113 Å². The molecule has 0 atom stereocenters. The highest BCUT2D eigenvalue weighted by molar-refractivity contribution is 7.89. The van der Waals surface area contributed by atoms with Crippen molar-refractivity contribution < 1.29 is 27.5 Å². The minimum atomic E-state index is -4.35. The van der Waals surface area contributed by atoms with Gasteiger partial charge in [0.05, 0.1) is 12.1 Å². The number of carbonyl (C=O) groups excluding carboxylic acids is 1. The van der Waals surface area contributed by atoms with Crippen LogP contribution >= 0.6 is 0 Å². The van der Waals surface area contributed by atoms with Crippen LogP contribution in [0.1, 0.15) is 48.0 Å². The van der Waals surface area contributed by atoms with Gasteiger partial charge in [0, 0.05) is 6.04 Å². The van der Waals surface area contributed by atoms with Crippen molar-refractivity contribution in [1.29, 1.82) is 0 Å². The largest absolute Gasteiger partial charge is 0.478 e. The number of halogens is 1. The number of benzene rings is 1. The average Bonchev–Trinajstić information content (AvgIpc) is 2.55. The number of sulfonamides is 1. The van der Waals surface area contributed by atoms with E-state index in [4.69, 9.17) is 5.11 Å². The summed E-state index contributed by atoms with van der Waals surface area (Å²) in [6.07, 6.45) is 4.86. The van der Waals surface area contributed by atoms with E-state index in [1.807, 2.05) is 4.72 Å². The van der Waals surface area contributed by atoms with Gasteiger partial charge in [-0.05, 0) is 37.5 Å². The van der Waals surface area contributed by atoms with Crippen molar-refractivity contribution in [2.45, 2.75) is 50.0 Å². The minimum absolute atomic E-state index is 0.0278. The number of amides is 1. The first-order chi connectivity index (χ1) is 11.7. The molecule has 1 aliphatic rings. The van der Waals surface area contributed by atoms with Crippen LogP contribution in [0.2, 0.25) is 0 Å². The number of aromatic carboxylic acids is 1. The number of aryl methyl sites for hydroxylation is 1. The Morgan fingerprint density at radius 3 is 2.48 bits per heavy atom. The van der Waals surface area contributed by atoms with Gasteiger partial charge < -0.3 is 10.4 Å². The quantitative estimate of drug-likeness (QED) is 0.701. The van der Waals surface area contributed by atoms with Crippen molar-refractivity contribution in [2.75, 3.05) is 6.54 Å². The molecular weight excluding hydrogens is 351 g/mol. The number of nitrogens with one attached hydrogen (secondary N) is 2. The second kappa shape index (κ2) is 7.92. The summed E-state index contributed by atoms with van der Waals surface area (Å²) >= 11 is 0. The summed E-state index contributed by atoms with van der Waals surface area (Å²) in [5.41, 5.74) is -0.446. The van der Waals surface area contributed by atoms with Gasteiger partial charge in [-0.3, -0.25) is 4.79 Å². The maximum Gasteiger partial charge on any atom is 0.338 e. The molecule has 3 N–H and O–H groups in total. The van der Waals surface area contributed by atoms with Gasteiger partial charge in [-0.2, -0.15) is 0 Å². The van der Waals surface area contributed by atoms with Crippen molar-refractivity contribution >= 4 is 21.9 Å². The van der Waals surface area contributed by atoms with Crippen LogP contribution in [0.25, 0.3) is 0 Å². The normalized spacial score (nSPS) is 15.8. The first kappa shape index (κ1) is 19.3. The molecule has 0 heterocycles. The van der Waals surface area contributed by atoms with Crippen molar-refractivity contribution in [3.63, 3.8) is 0 Å². The van der Waals surface area contributed by atoms with E-state index in [1.54, 1.807) is 0 Å². The molecule has 0 bridgehead atoms. The molecule has 1 aliphatic carbocycles. The maximum atomic E-state index is 14.2. The third-order valence-corrected chi connectivity index (χ3v) is 5.50. The molecule has 0 saturated heterocycles. The van der Waals surface area contributed by atoms with Crippen LogP contribution < -0.4 is 10.0 Å². The van der Waals surface area contributed by atoms with Crippen LogP contribution in [0.15, 0.2) is 17.0 Å². The summed E-state index contributed by atoms with van der Waals surface area (Å²) in [6.45, 7) is 0.926. The molecule has 0 unspecified atom stereocenters. The summed E-state index contributed by atoms with van der Waals surface area (Å²) in [7, 11) is -4.35. The zero-order valence-corrected chi connectivity index (χ0v) is 14.7. The lowest BCUT2D eigenvalue weighted by Crippen LogP contribution is -2.42. The van der Waals surface area contributed by atoms with Crippen molar-refractivity contribution in [2.24, 2.45) is 0 Å². The second-order valence-electron chi connectivity index (χ2n) is 6.16. The van der Waals surface area contributed by atoms with Gasteiger partial charge in [0.25, 0.3) is 0 Å². The van der Waals surface area contributed by atoms with Gasteiger partial charge in [0.15, 0.2) is 5.82 Å². The lowest BCUT2D eigenvalue weighted by molar-refractivity contribution is -0.120. The lowest BCUT2D eigenvalue weighted by atomic mass is 9.95. The Morgan fingerprint density at radius 1 is 1.24 bits per heavy atom. The van der Waals surface area contributed by atoms with Crippen molar-refractivity contribution in [3.8, 4) is 0 Å². The van der Waals surface area contributed by atoms with E-state index in [2.05, 4.69) is 5.32 Å². The van der Waals surface area contributed by atoms with Gasteiger partial charge in [-0.1, -0.05) is 19.3 Å². The second-order valence-corrected chi connectivity index (χ2v) is 7.89. The molecule has 0 spiro atoms. The Bertz CT molecular complexity index is 773. The molecule has 138 valence electrons. The fraction of sp³-hybridized carbons (Fsp3) is 0.500. The molecule has 1 saturated carbocycles. The number of hydrogen-bond donors (Lipinski definition) is 3. The Labute approximate surface area is 145 Å². The molecule has 1 fully saturated rings. The highest BCUT2D eigenvalue weighted by Gasteiger charge is 2.25. The van der Waals surface area contributed by atoms with E-state index < -0.39 is 44.7 Å². The first-order valence-corrected chi connectivity index (χ1v) is 9.51. The molecular formula is C16H21FN2O5S. The number of hydrogen-bond acceptors (Lipinski definition) is 4. The number of rotatable bonds is 6. The molecule has 0 radical (unpaired) electrons. The van der Waals surface area contributed by atoms with Gasteiger partial charge in [-0.25, -0.2) is 22.3 Å². The van der Waals surface area contributed by atoms with Crippen LogP contribution in [0, 0.1) is 12.7 Å². The Balaban J connectivity index is 2.08. The monoisotopic (exact) mass is 372 g/mol. The van der Waals surface area contributed by atoms with E-state index in [0.29, 0.717) is 0 Å². The molecule has 1 aromatic rings. The Morgan fingerprint density at radius 2 is 1.88 bits per heavy atom. The fourth-order valence-corrected chi connectivity index (χ4v) is 4.01. The predicted molar refractivity (Wildman–Crippen MR) is 88.3 cm³/mol. The highest BCUT2D eigenvalue weighted by atomic mass is 32.2. The smallest absolute Gasteiger partial charge is 0.338 e. The molecule has 2 rings (SSSR count). The average molecular weight is 372 g/mol. The molecule has 25 heavy (non-hydrogen) atoms. The van der Waals surface area contributed by atoms with Crippen LogP contribution in [0.4, 0.5) is 4.39 Å². The molecule has 0 aromatic heterocycles. The van der Waals surface area contributed by atoms with Gasteiger partial charge >= 0.3 is 5.97 Å². The summed E-state index contributed by atoms with van der Waals surface area (Å²) in [6, 6.07) is 2.11. The number of carboxylic acid groups (broad SMARTS) is 1. The molecule has 0 aliphatic heterocycles. The van der Waals surface area contributed by atoms with Crippen LogP contribution in [-0.4, -0.2) is 38.0 Å². The van der Waals surface area contributed by atoms with E-state index in [-0.39, 0.29) is 11.6 Å². The summed E-state index contributed by atoms with van der Waals surface area (Å²) in [5, 5.41) is 11.7. The zero-order valence-electron chi connectivity index (χ0n) is 13.8.